The molecule has 0 heterocycles. The lowest BCUT2D eigenvalue weighted by atomic mass is 10.2. The van der Waals surface area contributed by atoms with Crippen molar-refractivity contribution in [3.8, 4) is 17.6 Å². The molecular weight excluding hydrogens is 228 g/mol. The number of aliphatic imine (C=N–C) groups is 1. The highest BCUT2D eigenvalue weighted by atomic mass is 16.3. The summed E-state index contributed by atoms with van der Waals surface area (Å²) in [6, 6.07) is 13.2. The number of phenolic OH excluding ortho intramolecular Hbond substituents is 2. The summed E-state index contributed by atoms with van der Waals surface area (Å²) in [6.45, 7) is 0. The summed E-state index contributed by atoms with van der Waals surface area (Å²) in [4.78, 5) is 4.15. The Hall–Kier alpha value is -2.80. The fraction of sp³-hybridized carbons (Fsp3) is 0. The van der Waals surface area contributed by atoms with E-state index in [1.165, 1.54) is 18.3 Å². The molecule has 0 fully saturated rings. The van der Waals surface area contributed by atoms with Crippen LogP contribution in [-0.4, -0.2) is 16.4 Å². The number of rotatable bonds is 2. The summed E-state index contributed by atoms with van der Waals surface area (Å²) in [5, 5.41) is 27.6. The van der Waals surface area contributed by atoms with Gasteiger partial charge in [-0.25, -0.2) is 0 Å². The van der Waals surface area contributed by atoms with Crippen LogP contribution in [0.2, 0.25) is 0 Å². The predicted octanol–water partition coefficient (Wildman–Crippen LogP) is 2.72. The lowest BCUT2D eigenvalue weighted by Gasteiger charge is -2.00. The van der Waals surface area contributed by atoms with Crippen LogP contribution < -0.4 is 0 Å². The fourth-order valence-corrected chi connectivity index (χ4v) is 1.46. The molecule has 0 unspecified atom stereocenters. The number of hydrogen-bond donors (Lipinski definition) is 2. The lowest BCUT2D eigenvalue weighted by Crippen LogP contribution is -1.82. The molecule has 2 aromatic rings. The molecule has 0 amide bonds. The minimum atomic E-state index is -0.0619. The van der Waals surface area contributed by atoms with Crippen molar-refractivity contribution >= 4 is 11.9 Å². The van der Waals surface area contributed by atoms with Crippen molar-refractivity contribution in [3.63, 3.8) is 0 Å². The van der Waals surface area contributed by atoms with Crippen LogP contribution in [0.25, 0.3) is 0 Å². The van der Waals surface area contributed by atoms with Crippen LogP contribution >= 0.6 is 0 Å². The molecular formula is C14H10N2O2. The van der Waals surface area contributed by atoms with E-state index < -0.39 is 0 Å². The van der Waals surface area contributed by atoms with Gasteiger partial charge in [-0.05, 0) is 24.3 Å². The summed E-state index contributed by atoms with van der Waals surface area (Å²) in [5.74, 6) is -0.0738. The van der Waals surface area contributed by atoms with Crippen LogP contribution in [0.3, 0.4) is 0 Å². The third kappa shape index (κ3) is 2.47. The van der Waals surface area contributed by atoms with Gasteiger partial charge in [0.1, 0.15) is 17.6 Å². The van der Waals surface area contributed by atoms with Crippen LogP contribution in [0.4, 0.5) is 5.69 Å². The van der Waals surface area contributed by atoms with Gasteiger partial charge in [0.25, 0.3) is 0 Å². The molecule has 0 aliphatic rings. The van der Waals surface area contributed by atoms with Crippen molar-refractivity contribution in [2.45, 2.75) is 0 Å². The normalized spacial score (nSPS) is 10.4. The van der Waals surface area contributed by atoms with Gasteiger partial charge in [-0.15, -0.1) is 0 Å². The number of hydrogen-bond acceptors (Lipinski definition) is 4. The highest BCUT2D eigenvalue weighted by Gasteiger charge is 2.01. The second kappa shape index (κ2) is 5.02. The first kappa shape index (κ1) is 11.7. The maximum atomic E-state index is 9.58. The molecule has 0 aromatic heterocycles. The lowest BCUT2D eigenvalue weighted by molar-refractivity contribution is 0.450. The molecule has 0 aliphatic carbocycles. The van der Waals surface area contributed by atoms with E-state index in [0.717, 1.165) is 0 Å². The van der Waals surface area contributed by atoms with Crippen molar-refractivity contribution in [1.82, 2.24) is 0 Å². The standard InChI is InChI=1S/C14H10N2O2/c15-8-10-3-1-2-4-13(10)16-9-11-5-6-12(17)7-14(11)18/h1-7,9,17-18H. The van der Waals surface area contributed by atoms with Gasteiger partial charge in [0, 0.05) is 17.8 Å². The SMILES string of the molecule is N#Cc1ccccc1N=Cc1ccc(O)cc1O. The number of nitriles is 1. The number of benzene rings is 2. The summed E-state index contributed by atoms with van der Waals surface area (Å²) in [5.41, 5.74) is 1.47. The molecule has 88 valence electrons. The number of para-hydroxylation sites is 1. The van der Waals surface area contributed by atoms with Crippen LogP contribution in [0.1, 0.15) is 11.1 Å². The summed E-state index contributed by atoms with van der Waals surface area (Å²) in [7, 11) is 0. The molecule has 4 heteroatoms. The van der Waals surface area contributed by atoms with Gasteiger partial charge in [0.05, 0.1) is 11.3 Å². The van der Waals surface area contributed by atoms with Gasteiger partial charge in [0.15, 0.2) is 0 Å². The van der Waals surface area contributed by atoms with Gasteiger partial charge < -0.3 is 10.2 Å². The molecule has 0 aliphatic heterocycles. The number of nitrogens with zero attached hydrogens (tertiary/aromatic N) is 2. The molecule has 2 aromatic carbocycles. The van der Waals surface area contributed by atoms with Crippen molar-refractivity contribution in [1.29, 1.82) is 5.26 Å². The van der Waals surface area contributed by atoms with E-state index in [1.807, 2.05) is 6.07 Å². The molecule has 2 rings (SSSR count). The molecule has 4 nitrogen and oxygen atoms in total. The molecule has 0 saturated heterocycles. The smallest absolute Gasteiger partial charge is 0.128 e. The number of phenols is 2. The summed E-state index contributed by atoms with van der Waals surface area (Å²) < 4.78 is 0. The Bertz CT molecular complexity index is 642. The molecule has 2 N–H and O–H groups in total. The molecule has 0 atom stereocenters. The fourth-order valence-electron chi connectivity index (χ4n) is 1.46. The van der Waals surface area contributed by atoms with Crippen LogP contribution in [0.5, 0.6) is 11.5 Å². The minimum Gasteiger partial charge on any atom is -0.508 e. The zero-order valence-corrected chi connectivity index (χ0v) is 9.41. The molecule has 0 bridgehead atoms. The summed E-state index contributed by atoms with van der Waals surface area (Å²) in [6.07, 6.45) is 1.45. The maximum absolute atomic E-state index is 9.58. The van der Waals surface area contributed by atoms with Gasteiger partial charge >= 0.3 is 0 Å². The Morgan fingerprint density at radius 3 is 2.61 bits per heavy atom. The van der Waals surface area contributed by atoms with Crippen LogP contribution in [0.15, 0.2) is 47.5 Å². The van der Waals surface area contributed by atoms with E-state index in [2.05, 4.69) is 4.99 Å². The Morgan fingerprint density at radius 2 is 1.89 bits per heavy atom. The Labute approximate surface area is 104 Å². The first-order valence-corrected chi connectivity index (χ1v) is 5.26. The second-order valence-corrected chi connectivity index (χ2v) is 3.63. The first-order chi connectivity index (χ1) is 8.70. The summed E-state index contributed by atoms with van der Waals surface area (Å²) >= 11 is 0. The number of aromatic hydroxyl groups is 2. The maximum Gasteiger partial charge on any atom is 0.128 e. The molecule has 0 radical (unpaired) electrons. The molecule has 0 spiro atoms. The van der Waals surface area contributed by atoms with E-state index in [1.54, 1.807) is 30.3 Å². The van der Waals surface area contributed by atoms with Crippen LogP contribution in [0, 0.1) is 11.3 Å². The monoisotopic (exact) mass is 238 g/mol. The Balaban J connectivity index is 2.34. The average molecular weight is 238 g/mol. The van der Waals surface area contributed by atoms with Gasteiger partial charge in [-0.2, -0.15) is 5.26 Å². The minimum absolute atomic E-state index is 0.0120. The predicted molar refractivity (Wildman–Crippen MR) is 68.2 cm³/mol. The van der Waals surface area contributed by atoms with E-state index in [9.17, 15) is 5.11 Å². The zero-order chi connectivity index (χ0) is 13.0. The third-order valence-electron chi connectivity index (χ3n) is 2.38. The van der Waals surface area contributed by atoms with Crippen molar-refractivity contribution < 1.29 is 10.2 Å². The van der Waals surface area contributed by atoms with E-state index in [4.69, 9.17) is 10.4 Å². The van der Waals surface area contributed by atoms with Crippen molar-refractivity contribution in [3.05, 3.63) is 53.6 Å². The van der Waals surface area contributed by atoms with Crippen molar-refractivity contribution in [2.75, 3.05) is 0 Å². The van der Waals surface area contributed by atoms with E-state index in [-0.39, 0.29) is 11.5 Å². The topological polar surface area (TPSA) is 76.6 Å². The van der Waals surface area contributed by atoms with Gasteiger partial charge in [0.2, 0.25) is 0 Å². The van der Waals surface area contributed by atoms with E-state index in [0.29, 0.717) is 16.8 Å². The van der Waals surface area contributed by atoms with Gasteiger partial charge in [-0.3, -0.25) is 4.99 Å². The highest BCUT2D eigenvalue weighted by molar-refractivity contribution is 5.86. The quantitative estimate of drug-likeness (QED) is 0.790. The third-order valence-corrected chi connectivity index (χ3v) is 2.38. The average Bonchev–Trinajstić information content (AvgIpc) is 2.38. The van der Waals surface area contributed by atoms with E-state index >= 15 is 0 Å². The second-order valence-electron chi connectivity index (χ2n) is 3.63. The highest BCUT2D eigenvalue weighted by Crippen LogP contribution is 2.22. The zero-order valence-electron chi connectivity index (χ0n) is 9.41. The molecule has 18 heavy (non-hydrogen) atoms. The Kier molecular flexibility index (Phi) is 3.26. The van der Waals surface area contributed by atoms with Gasteiger partial charge in [-0.1, -0.05) is 12.1 Å². The Morgan fingerprint density at radius 1 is 1.11 bits per heavy atom. The molecule has 0 saturated carbocycles. The van der Waals surface area contributed by atoms with Crippen molar-refractivity contribution in [2.24, 2.45) is 4.99 Å². The van der Waals surface area contributed by atoms with Crippen LogP contribution in [-0.2, 0) is 0 Å². The largest absolute Gasteiger partial charge is 0.508 e. The first-order valence-electron chi connectivity index (χ1n) is 5.26.